The Kier molecular flexibility index (Phi) is 7.29. The zero-order valence-electron chi connectivity index (χ0n) is 16.3. The van der Waals surface area contributed by atoms with Gasteiger partial charge in [-0.05, 0) is 55.5 Å². The van der Waals surface area contributed by atoms with Gasteiger partial charge in [0.2, 0.25) is 0 Å². The normalized spacial score (nSPS) is 11.3. The first-order valence-corrected chi connectivity index (χ1v) is 9.69. The maximum atomic E-state index is 12.3. The predicted molar refractivity (Wildman–Crippen MR) is 117 cm³/mol. The van der Waals surface area contributed by atoms with Gasteiger partial charge in [-0.1, -0.05) is 41.9 Å². The highest BCUT2D eigenvalue weighted by Crippen LogP contribution is 2.24. The van der Waals surface area contributed by atoms with E-state index in [-0.39, 0.29) is 18.4 Å². The molecular weight excluding hydrogens is 404 g/mol. The highest BCUT2D eigenvalue weighted by atomic mass is 35.5. The van der Waals surface area contributed by atoms with Gasteiger partial charge in [-0.25, -0.2) is 0 Å². The number of nitrogens with one attached hydrogen (secondary N) is 2. The molecule has 0 aliphatic carbocycles. The second-order valence-electron chi connectivity index (χ2n) is 6.41. The molecule has 0 bridgehead atoms. The SMILES string of the molecule is CC(Oc1ccccc1Cl)C(=O)Nc1ccc(NC(=O)COc2ccccc2)cc1. The van der Waals surface area contributed by atoms with E-state index in [4.69, 9.17) is 21.1 Å². The Labute approximate surface area is 179 Å². The molecule has 0 fully saturated rings. The lowest BCUT2D eigenvalue weighted by Gasteiger charge is -2.15. The Hall–Kier alpha value is -3.51. The third-order valence-electron chi connectivity index (χ3n) is 4.06. The fraction of sp³-hybridized carbons (Fsp3) is 0.130. The molecule has 0 aliphatic rings. The summed E-state index contributed by atoms with van der Waals surface area (Å²) in [6.07, 6.45) is -0.737. The standard InChI is InChI=1S/C23H21ClN2O4/c1-16(30-21-10-6-5-9-20(21)24)23(28)26-18-13-11-17(12-14-18)25-22(27)15-29-19-7-3-2-4-8-19/h2-14,16H,15H2,1H3,(H,25,27)(H,26,28). The van der Waals surface area contributed by atoms with E-state index in [0.29, 0.717) is 27.9 Å². The van der Waals surface area contributed by atoms with Crippen LogP contribution in [-0.2, 0) is 9.59 Å². The molecule has 0 aliphatic heterocycles. The summed E-state index contributed by atoms with van der Waals surface area (Å²) in [4.78, 5) is 24.4. The van der Waals surface area contributed by atoms with E-state index >= 15 is 0 Å². The molecule has 3 aromatic carbocycles. The van der Waals surface area contributed by atoms with Crippen molar-refractivity contribution < 1.29 is 19.1 Å². The van der Waals surface area contributed by atoms with Gasteiger partial charge >= 0.3 is 0 Å². The molecule has 154 valence electrons. The van der Waals surface area contributed by atoms with Gasteiger partial charge < -0.3 is 20.1 Å². The van der Waals surface area contributed by atoms with E-state index in [9.17, 15) is 9.59 Å². The van der Waals surface area contributed by atoms with E-state index < -0.39 is 6.10 Å². The first-order valence-electron chi connectivity index (χ1n) is 9.31. The van der Waals surface area contributed by atoms with Gasteiger partial charge in [0.1, 0.15) is 11.5 Å². The molecule has 1 atom stereocenters. The number of hydrogen-bond acceptors (Lipinski definition) is 4. The average molecular weight is 425 g/mol. The smallest absolute Gasteiger partial charge is 0.265 e. The first-order chi connectivity index (χ1) is 14.5. The lowest BCUT2D eigenvalue weighted by Crippen LogP contribution is -2.30. The average Bonchev–Trinajstić information content (AvgIpc) is 2.76. The number of rotatable bonds is 8. The Bertz CT molecular complexity index is 994. The molecule has 1 unspecified atom stereocenters. The van der Waals surface area contributed by atoms with Gasteiger partial charge in [0.05, 0.1) is 5.02 Å². The number of para-hydroxylation sites is 2. The molecule has 30 heavy (non-hydrogen) atoms. The van der Waals surface area contributed by atoms with Gasteiger partial charge in [-0.15, -0.1) is 0 Å². The third-order valence-corrected chi connectivity index (χ3v) is 4.37. The van der Waals surface area contributed by atoms with E-state index in [2.05, 4.69) is 10.6 Å². The Balaban J connectivity index is 1.48. The van der Waals surface area contributed by atoms with Crippen LogP contribution in [0.3, 0.4) is 0 Å². The van der Waals surface area contributed by atoms with Crippen molar-refractivity contribution >= 4 is 34.8 Å². The second-order valence-corrected chi connectivity index (χ2v) is 6.81. The van der Waals surface area contributed by atoms with Crippen molar-refractivity contribution in [1.29, 1.82) is 0 Å². The number of carbonyl (C=O) groups excluding carboxylic acids is 2. The van der Waals surface area contributed by atoms with Crippen LogP contribution >= 0.6 is 11.6 Å². The van der Waals surface area contributed by atoms with Crippen LogP contribution in [-0.4, -0.2) is 24.5 Å². The molecular formula is C23H21ClN2O4. The molecule has 3 aromatic rings. The lowest BCUT2D eigenvalue weighted by molar-refractivity contribution is -0.122. The van der Waals surface area contributed by atoms with Crippen molar-refractivity contribution in [2.24, 2.45) is 0 Å². The van der Waals surface area contributed by atoms with Crippen LogP contribution in [0.15, 0.2) is 78.9 Å². The van der Waals surface area contributed by atoms with Crippen molar-refractivity contribution in [3.05, 3.63) is 83.9 Å². The summed E-state index contributed by atoms with van der Waals surface area (Å²) in [5.74, 6) is 0.469. The summed E-state index contributed by atoms with van der Waals surface area (Å²) in [6, 6.07) is 22.8. The summed E-state index contributed by atoms with van der Waals surface area (Å²) < 4.78 is 11.0. The minimum Gasteiger partial charge on any atom is -0.484 e. The molecule has 3 rings (SSSR count). The molecule has 0 spiro atoms. The maximum Gasteiger partial charge on any atom is 0.265 e. The van der Waals surface area contributed by atoms with Crippen molar-refractivity contribution in [1.82, 2.24) is 0 Å². The molecule has 0 saturated carbocycles. The monoisotopic (exact) mass is 424 g/mol. The molecule has 6 nitrogen and oxygen atoms in total. The second kappa shape index (κ2) is 10.3. The fourth-order valence-corrected chi connectivity index (χ4v) is 2.71. The van der Waals surface area contributed by atoms with Crippen LogP contribution in [0.1, 0.15) is 6.92 Å². The summed E-state index contributed by atoms with van der Waals surface area (Å²) >= 11 is 6.05. The van der Waals surface area contributed by atoms with Gasteiger partial charge in [-0.3, -0.25) is 9.59 Å². The van der Waals surface area contributed by atoms with Gasteiger partial charge in [0, 0.05) is 11.4 Å². The number of benzene rings is 3. The number of anilines is 2. The Morgan fingerprint density at radius 2 is 1.47 bits per heavy atom. The van der Waals surface area contributed by atoms with Crippen molar-refractivity contribution in [3.63, 3.8) is 0 Å². The minimum absolute atomic E-state index is 0.0978. The highest BCUT2D eigenvalue weighted by molar-refractivity contribution is 6.32. The van der Waals surface area contributed by atoms with E-state index in [1.807, 2.05) is 18.2 Å². The molecule has 0 radical (unpaired) electrons. The summed E-state index contributed by atoms with van der Waals surface area (Å²) in [6.45, 7) is 1.54. The van der Waals surface area contributed by atoms with E-state index in [0.717, 1.165) is 0 Å². The van der Waals surface area contributed by atoms with Crippen LogP contribution in [0.25, 0.3) is 0 Å². The predicted octanol–water partition coefficient (Wildman–Crippen LogP) is 4.76. The molecule has 0 aromatic heterocycles. The molecule has 0 heterocycles. The number of carbonyl (C=O) groups is 2. The van der Waals surface area contributed by atoms with E-state index in [1.165, 1.54) is 0 Å². The van der Waals surface area contributed by atoms with Crippen molar-refractivity contribution in [2.45, 2.75) is 13.0 Å². The van der Waals surface area contributed by atoms with Gasteiger partial charge in [-0.2, -0.15) is 0 Å². The Morgan fingerprint density at radius 1 is 0.867 bits per heavy atom. The maximum absolute atomic E-state index is 12.3. The summed E-state index contributed by atoms with van der Waals surface area (Å²) in [7, 11) is 0. The number of hydrogen-bond donors (Lipinski definition) is 2. The third kappa shape index (κ3) is 6.25. The number of ether oxygens (including phenoxy) is 2. The minimum atomic E-state index is -0.737. The zero-order chi connectivity index (χ0) is 21.3. The first kappa shape index (κ1) is 21.2. The van der Waals surface area contributed by atoms with E-state index in [1.54, 1.807) is 67.6 Å². The van der Waals surface area contributed by atoms with Crippen LogP contribution in [0, 0.1) is 0 Å². The van der Waals surface area contributed by atoms with Crippen LogP contribution in [0.5, 0.6) is 11.5 Å². The van der Waals surface area contributed by atoms with Crippen molar-refractivity contribution in [3.8, 4) is 11.5 Å². The lowest BCUT2D eigenvalue weighted by atomic mass is 10.2. The van der Waals surface area contributed by atoms with Gasteiger partial charge in [0.15, 0.2) is 12.7 Å². The molecule has 2 amide bonds. The van der Waals surface area contributed by atoms with Crippen LogP contribution < -0.4 is 20.1 Å². The quantitative estimate of drug-likeness (QED) is 0.546. The molecule has 0 saturated heterocycles. The Morgan fingerprint density at radius 3 is 2.13 bits per heavy atom. The summed E-state index contributed by atoms with van der Waals surface area (Å²) in [5, 5.41) is 5.94. The highest BCUT2D eigenvalue weighted by Gasteiger charge is 2.16. The topological polar surface area (TPSA) is 76.7 Å². The largest absolute Gasteiger partial charge is 0.484 e. The molecule has 7 heteroatoms. The zero-order valence-corrected chi connectivity index (χ0v) is 17.1. The summed E-state index contributed by atoms with van der Waals surface area (Å²) in [5.41, 5.74) is 1.17. The number of amides is 2. The van der Waals surface area contributed by atoms with Gasteiger partial charge in [0.25, 0.3) is 11.8 Å². The fourth-order valence-electron chi connectivity index (χ4n) is 2.53. The van der Waals surface area contributed by atoms with Crippen LogP contribution in [0.4, 0.5) is 11.4 Å². The molecule has 2 N–H and O–H groups in total. The van der Waals surface area contributed by atoms with Crippen molar-refractivity contribution in [2.75, 3.05) is 17.2 Å². The van der Waals surface area contributed by atoms with Crippen LogP contribution in [0.2, 0.25) is 5.02 Å². The number of halogens is 1.